The fourth-order valence-corrected chi connectivity index (χ4v) is 4.16. The molecule has 0 bridgehead atoms. The highest BCUT2D eigenvalue weighted by Crippen LogP contribution is 2.38. The van der Waals surface area contributed by atoms with E-state index in [9.17, 15) is 13.2 Å². The molecule has 1 atom stereocenters. The molecule has 1 spiro atoms. The van der Waals surface area contributed by atoms with Crippen LogP contribution in [0.1, 0.15) is 24.8 Å². The summed E-state index contributed by atoms with van der Waals surface area (Å²) in [5.74, 6) is 0.981. The molecule has 0 aliphatic carbocycles. The Bertz CT molecular complexity index is 672. The maximum atomic E-state index is 12.2. The first kappa shape index (κ1) is 15.3. The van der Waals surface area contributed by atoms with E-state index >= 15 is 0 Å². The summed E-state index contributed by atoms with van der Waals surface area (Å²) in [5, 5.41) is 2.97. The molecule has 1 amide bonds. The van der Waals surface area contributed by atoms with Crippen LogP contribution < -0.4 is 10.2 Å². The third-order valence-electron chi connectivity index (χ3n) is 4.52. The summed E-state index contributed by atoms with van der Waals surface area (Å²) in [6.45, 7) is 2.28. The molecule has 0 unspecified atom stereocenters. The van der Waals surface area contributed by atoms with Gasteiger partial charge in [-0.15, -0.1) is 0 Å². The number of aromatic nitrogens is 1. The quantitative estimate of drug-likeness (QED) is 0.887. The molecule has 6 nitrogen and oxygen atoms in total. The average molecular weight is 323 g/mol. The van der Waals surface area contributed by atoms with Crippen molar-refractivity contribution in [1.82, 2.24) is 10.3 Å². The van der Waals surface area contributed by atoms with Gasteiger partial charge >= 0.3 is 0 Å². The van der Waals surface area contributed by atoms with Gasteiger partial charge in [0.25, 0.3) is 0 Å². The molecule has 3 heterocycles. The van der Waals surface area contributed by atoms with Crippen LogP contribution in [0.5, 0.6) is 0 Å². The summed E-state index contributed by atoms with van der Waals surface area (Å²) < 4.78 is 22.6. The Morgan fingerprint density at radius 2 is 2.18 bits per heavy atom. The number of carbonyl (C=O) groups is 1. The predicted molar refractivity (Wildman–Crippen MR) is 84.3 cm³/mol. The molecule has 0 radical (unpaired) electrons. The number of piperidine rings is 1. The van der Waals surface area contributed by atoms with Crippen LogP contribution >= 0.6 is 0 Å². The van der Waals surface area contributed by atoms with Crippen molar-refractivity contribution in [1.29, 1.82) is 0 Å². The third-order valence-corrected chi connectivity index (χ3v) is 5.37. The van der Waals surface area contributed by atoms with Crippen LogP contribution in [0.4, 0.5) is 5.82 Å². The van der Waals surface area contributed by atoms with Gasteiger partial charge in [0.1, 0.15) is 5.82 Å². The lowest BCUT2D eigenvalue weighted by molar-refractivity contribution is -0.132. The molecule has 2 aliphatic rings. The number of anilines is 1. The van der Waals surface area contributed by atoms with Gasteiger partial charge in [0.2, 0.25) is 5.91 Å². The Morgan fingerprint density at radius 3 is 2.82 bits per heavy atom. The lowest BCUT2D eigenvalue weighted by Crippen LogP contribution is -2.47. The van der Waals surface area contributed by atoms with Gasteiger partial charge in [-0.2, -0.15) is 0 Å². The van der Waals surface area contributed by atoms with Gasteiger partial charge in [-0.05, 0) is 30.9 Å². The maximum Gasteiger partial charge on any atom is 0.228 e. The zero-order chi connectivity index (χ0) is 15.8. The van der Waals surface area contributed by atoms with Crippen molar-refractivity contribution >= 4 is 21.6 Å². The number of amides is 1. The number of hydrogen-bond acceptors (Lipinski definition) is 5. The Morgan fingerprint density at radius 1 is 1.36 bits per heavy atom. The number of pyridine rings is 1. The molecule has 2 saturated heterocycles. The molecule has 1 aromatic rings. The summed E-state index contributed by atoms with van der Waals surface area (Å²) in [5.41, 5.74) is 0.418. The van der Waals surface area contributed by atoms with E-state index in [0.717, 1.165) is 38.2 Å². The van der Waals surface area contributed by atoms with E-state index in [2.05, 4.69) is 15.2 Å². The highest BCUT2D eigenvalue weighted by molar-refractivity contribution is 7.89. The van der Waals surface area contributed by atoms with E-state index in [4.69, 9.17) is 0 Å². The van der Waals surface area contributed by atoms with Gasteiger partial charge in [-0.25, -0.2) is 13.4 Å². The number of nitrogens with zero attached hydrogens (tertiary/aromatic N) is 2. The molecular formula is C15H21N3O3S. The Kier molecular flexibility index (Phi) is 3.84. The normalized spacial score (nSPS) is 25.5. The van der Waals surface area contributed by atoms with Gasteiger partial charge in [0.05, 0.1) is 11.2 Å². The summed E-state index contributed by atoms with van der Waals surface area (Å²) in [6, 6.07) is 3.65. The van der Waals surface area contributed by atoms with E-state index in [1.807, 2.05) is 6.07 Å². The van der Waals surface area contributed by atoms with Gasteiger partial charge in [-0.3, -0.25) is 4.79 Å². The fraction of sp³-hybridized carbons (Fsp3) is 0.600. The van der Waals surface area contributed by atoms with Crippen LogP contribution in [0.2, 0.25) is 0 Å². The van der Waals surface area contributed by atoms with E-state index in [1.54, 1.807) is 12.3 Å². The molecule has 1 N–H and O–H groups in total. The van der Waals surface area contributed by atoms with Crippen molar-refractivity contribution in [2.45, 2.75) is 25.0 Å². The summed E-state index contributed by atoms with van der Waals surface area (Å²) in [7, 11) is -3.05. The van der Waals surface area contributed by atoms with Crippen LogP contribution in [0.3, 0.4) is 0 Å². The van der Waals surface area contributed by atoms with E-state index < -0.39 is 9.84 Å². The molecule has 3 rings (SSSR count). The molecular weight excluding hydrogens is 302 g/mol. The van der Waals surface area contributed by atoms with Crippen molar-refractivity contribution in [2.75, 3.05) is 30.8 Å². The summed E-state index contributed by atoms with van der Waals surface area (Å²) in [6.07, 6.45) is 5.64. The molecule has 2 fully saturated rings. The van der Waals surface area contributed by atoms with Crippen molar-refractivity contribution < 1.29 is 13.2 Å². The molecule has 0 aromatic carbocycles. The molecule has 120 valence electrons. The Balaban J connectivity index is 1.72. The zero-order valence-electron chi connectivity index (χ0n) is 12.7. The van der Waals surface area contributed by atoms with E-state index in [0.29, 0.717) is 12.1 Å². The molecule has 7 heteroatoms. The SMILES string of the molecule is CS(=O)(=O)Cc1ccc(N2CC[C@@]3(CCCNC3=O)C2)nc1. The standard InChI is InChI=1S/C15H21N3O3S/c1-22(20,21)10-12-3-4-13(17-9-12)18-8-6-15(11-18)5-2-7-16-14(15)19/h3-4,9H,2,5-8,10-11H2,1H3,(H,16,19)/t15-/m0/s1. The maximum absolute atomic E-state index is 12.2. The Hall–Kier alpha value is -1.63. The van der Waals surface area contributed by atoms with Crippen LogP contribution in [-0.2, 0) is 20.4 Å². The smallest absolute Gasteiger partial charge is 0.228 e. The van der Waals surface area contributed by atoms with Crippen molar-refractivity contribution in [3.63, 3.8) is 0 Å². The van der Waals surface area contributed by atoms with Crippen LogP contribution in [0, 0.1) is 5.41 Å². The van der Waals surface area contributed by atoms with Crippen molar-refractivity contribution in [3.05, 3.63) is 23.9 Å². The first-order chi connectivity index (χ1) is 10.4. The van der Waals surface area contributed by atoms with Crippen molar-refractivity contribution in [3.8, 4) is 0 Å². The predicted octanol–water partition coefficient (Wildman–Crippen LogP) is 0.733. The third kappa shape index (κ3) is 3.09. The van der Waals surface area contributed by atoms with E-state index in [1.165, 1.54) is 6.26 Å². The molecule has 0 saturated carbocycles. The topological polar surface area (TPSA) is 79.4 Å². The molecule has 22 heavy (non-hydrogen) atoms. The first-order valence-electron chi connectivity index (χ1n) is 7.54. The van der Waals surface area contributed by atoms with Gasteiger partial charge in [0, 0.05) is 32.1 Å². The lowest BCUT2D eigenvalue weighted by Gasteiger charge is -2.32. The van der Waals surface area contributed by atoms with Crippen LogP contribution in [-0.4, -0.2) is 45.2 Å². The van der Waals surface area contributed by atoms with Crippen LogP contribution in [0.25, 0.3) is 0 Å². The minimum atomic E-state index is -3.05. The molecule has 2 aliphatic heterocycles. The highest BCUT2D eigenvalue weighted by Gasteiger charge is 2.45. The number of nitrogens with one attached hydrogen (secondary N) is 1. The van der Waals surface area contributed by atoms with Gasteiger partial charge in [-0.1, -0.05) is 6.07 Å². The fourth-order valence-electron chi connectivity index (χ4n) is 3.38. The zero-order valence-corrected chi connectivity index (χ0v) is 13.5. The number of rotatable bonds is 3. The number of carbonyl (C=O) groups excluding carboxylic acids is 1. The minimum absolute atomic E-state index is 0.00657. The molecule has 1 aromatic heterocycles. The summed E-state index contributed by atoms with van der Waals surface area (Å²) in [4.78, 5) is 18.7. The Labute approximate surface area is 130 Å². The minimum Gasteiger partial charge on any atom is -0.356 e. The summed E-state index contributed by atoms with van der Waals surface area (Å²) >= 11 is 0. The first-order valence-corrected chi connectivity index (χ1v) is 9.60. The van der Waals surface area contributed by atoms with E-state index in [-0.39, 0.29) is 17.1 Å². The highest BCUT2D eigenvalue weighted by atomic mass is 32.2. The lowest BCUT2D eigenvalue weighted by atomic mass is 9.79. The van der Waals surface area contributed by atoms with Gasteiger partial charge < -0.3 is 10.2 Å². The number of hydrogen-bond donors (Lipinski definition) is 1. The second-order valence-electron chi connectivity index (χ2n) is 6.41. The second kappa shape index (κ2) is 5.53. The van der Waals surface area contributed by atoms with Gasteiger partial charge in [0.15, 0.2) is 9.84 Å². The average Bonchev–Trinajstić information content (AvgIpc) is 2.87. The number of sulfone groups is 1. The second-order valence-corrected chi connectivity index (χ2v) is 8.55. The van der Waals surface area contributed by atoms with Crippen molar-refractivity contribution in [2.24, 2.45) is 5.41 Å². The largest absolute Gasteiger partial charge is 0.356 e. The van der Waals surface area contributed by atoms with Crippen LogP contribution in [0.15, 0.2) is 18.3 Å². The monoisotopic (exact) mass is 323 g/mol.